The Morgan fingerprint density at radius 2 is 1.33 bits per heavy atom. The van der Waals surface area contributed by atoms with E-state index in [0.717, 1.165) is 21.0 Å². The molecule has 1 N–H and O–H groups in total. The molecule has 0 aliphatic carbocycles. The zero-order chi connectivity index (χ0) is 37.1. The van der Waals surface area contributed by atoms with Gasteiger partial charge in [0.1, 0.15) is 29.8 Å². The second-order valence-electron chi connectivity index (χ2n) is 13.0. The van der Waals surface area contributed by atoms with Gasteiger partial charge in [-0.15, -0.1) is 0 Å². The lowest BCUT2D eigenvalue weighted by atomic mass is 10.0. The first kappa shape index (κ1) is 37.6. The number of benzene rings is 5. The van der Waals surface area contributed by atoms with Crippen LogP contribution in [0.5, 0.6) is 17.2 Å². The van der Waals surface area contributed by atoms with Crippen molar-refractivity contribution >= 4 is 27.5 Å². The Bertz CT molecular complexity index is 2020. The summed E-state index contributed by atoms with van der Waals surface area (Å²) in [6.07, 6.45) is 0.219. The predicted octanol–water partition coefficient (Wildman–Crippen LogP) is 7.40. The SMILES string of the molecule is COc1cccc(CN(C(=O)CN(c2ccc(Oc3ccccc3)cc2)S(=O)(=O)c2ccc(C)cc2)C(Cc2ccccc2)C(=O)NCC(C)C)c1. The number of hydrogen-bond donors (Lipinski definition) is 1. The summed E-state index contributed by atoms with van der Waals surface area (Å²) in [6, 6.07) is 38.1. The number of carbonyl (C=O) groups excluding carboxylic acids is 2. The number of sulfonamides is 1. The molecule has 0 radical (unpaired) electrons. The van der Waals surface area contributed by atoms with E-state index in [1.54, 1.807) is 55.6 Å². The number of nitrogens with zero attached hydrogens (tertiary/aromatic N) is 2. The van der Waals surface area contributed by atoms with Gasteiger partial charge in [0.25, 0.3) is 10.0 Å². The second-order valence-corrected chi connectivity index (χ2v) is 14.8. The Kier molecular flexibility index (Phi) is 12.7. The quantitative estimate of drug-likeness (QED) is 0.114. The smallest absolute Gasteiger partial charge is 0.264 e. The molecular formula is C42H45N3O6S. The van der Waals surface area contributed by atoms with Crippen molar-refractivity contribution in [2.75, 3.05) is 24.5 Å². The zero-order valence-corrected chi connectivity index (χ0v) is 30.8. The van der Waals surface area contributed by atoms with Crippen molar-refractivity contribution in [3.05, 3.63) is 150 Å². The van der Waals surface area contributed by atoms with Crippen LogP contribution >= 0.6 is 0 Å². The third-order valence-electron chi connectivity index (χ3n) is 8.43. The third kappa shape index (κ3) is 10.0. The summed E-state index contributed by atoms with van der Waals surface area (Å²) in [5.41, 5.74) is 2.73. The highest BCUT2D eigenvalue weighted by Crippen LogP contribution is 2.29. The molecule has 0 fully saturated rings. The van der Waals surface area contributed by atoms with Crippen LogP contribution in [0.2, 0.25) is 0 Å². The maximum atomic E-state index is 14.8. The maximum Gasteiger partial charge on any atom is 0.264 e. The highest BCUT2D eigenvalue weighted by atomic mass is 32.2. The fraction of sp³-hybridized carbons (Fsp3) is 0.238. The topological polar surface area (TPSA) is 105 Å². The first-order chi connectivity index (χ1) is 25.0. The molecule has 0 spiro atoms. The monoisotopic (exact) mass is 719 g/mol. The van der Waals surface area contributed by atoms with Crippen LogP contribution in [0.4, 0.5) is 5.69 Å². The molecule has 270 valence electrons. The normalized spacial score (nSPS) is 11.8. The molecule has 10 heteroatoms. The van der Waals surface area contributed by atoms with Crippen molar-refractivity contribution in [3.63, 3.8) is 0 Å². The Morgan fingerprint density at radius 1 is 0.731 bits per heavy atom. The van der Waals surface area contributed by atoms with Gasteiger partial charge in [0.15, 0.2) is 0 Å². The molecule has 52 heavy (non-hydrogen) atoms. The first-order valence-electron chi connectivity index (χ1n) is 17.2. The molecule has 1 unspecified atom stereocenters. The van der Waals surface area contributed by atoms with Crippen molar-refractivity contribution in [2.24, 2.45) is 5.92 Å². The van der Waals surface area contributed by atoms with Gasteiger partial charge in [-0.2, -0.15) is 0 Å². The standard InChI is InChI=1S/C42H45N3O6S/c1-31(2)28-43-42(47)40(27-33-12-7-5-8-13-33)44(29-34-14-11-17-38(26-34)50-4)41(46)30-45(52(48,49)39-24-18-32(3)19-25-39)35-20-22-37(23-21-35)51-36-15-9-6-10-16-36/h5-26,31,40H,27-30H2,1-4H3,(H,43,47). The van der Waals surface area contributed by atoms with Gasteiger partial charge in [0, 0.05) is 19.5 Å². The van der Waals surface area contributed by atoms with E-state index in [-0.39, 0.29) is 35.4 Å². The van der Waals surface area contributed by atoms with Crippen molar-refractivity contribution < 1.29 is 27.5 Å². The highest BCUT2D eigenvalue weighted by Gasteiger charge is 2.34. The summed E-state index contributed by atoms with van der Waals surface area (Å²) in [6.45, 7) is 5.74. The van der Waals surface area contributed by atoms with Crippen molar-refractivity contribution in [1.82, 2.24) is 10.2 Å². The summed E-state index contributed by atoms with van der Waals surface area (Å²) in [4.78, 5) is 30.3. The molecule has 0 saturated carbocycles. The fourth-order valence-electron chi connectivity index (χ4n) is 5.62. The van der Waals surface area contributed by atoms with Crippen LogP contribution in [0.3, 0.4) is 0 Å². The lowest BCUT2D eigenvalue weighted by Crippen LogP contribution is -2.53. The van der Waals surface area contributed by atoms with Crippen molar-refractivity contribution in [1.29, 1.82) is 0 Å². The van der Waals surface area contributed by atoms with Gasteiger partial charge in [0.05, 0.1) is 17.7 Å². The lowest BCUT2D eigenvalue weighted by molar-refractivity contribution is -0.140. The number of carbonyl (C=O) groups is 2. The van der Waals surface area contributed by atoms with Gasteiger partial charge in [-0.1, -0.05) is 92.2 Å². The number of aryl methyl sites for hydroxylation is 1. The van der Waals surface area contributed by atoms with Crippen LogP contribution in [0.15, 0.2) is 138 Å². The van der Waals surface area contributed by atoms with Crippen LogP contribution in [0.1, 0.15) is 30.5 Å². The summed E-state index contributed by atoms with van der Waals surface area (Å²) >= 11 is 0. The molecule has 0 saturated heterocycles. The highest BCUT2D eigenvalue weighted by molar-refractivity contribution is 7.92. The van der Waals surface area contributed by atoms with E-state index in [0.29, 0.717) is 23.8 Å². The largest absolute Gasteiger partial charge is 0.497 e. The Labute approximate surface area is 306 Å². The van der Waals surface area contributed by atoms with Gasteiger partial charge < -0.3 is 19.7 Å². The molecular weight excluding hydrogens is 675 g/mol. The van der Waals surface area contributed by atoms with Crippen molar-refractivity contribution in [3.8, 4) is 17.2 Å². The van der Waals surface area contributed by atoms with Gasteiger partial charge >= 0.3 is 0 Å². The lowest BCUT2D eigenvalue weighted by Gasteiger charge is -2.34. The molecule has 0 heterocycles. The minimum absolute atomic E-state index is 0.0326. The van der Waals surface area contributed by atoms with E-state index in [4.69, 9.17) is 9.47 Å². The number of methoxy groups -OCH3 is 1. The zero-order valence-electron chi connectivity index (χ0n) is 29.9. The molecule has 5 rings (SSSR count). The number of nitrogens with one attached hydrogen (secondary N) is 1. The number of ether oxygens (including phenoxy) is 2. The van der Waals surface area contributed by atoms with Crippen LogP contribution in [0.25, 0.3) is 0 Å². The van der Waals surface area contributed by atoms with E-state index in [1.807, 2.05) is 93.6 Å². The van der Waals surface area contributed by atoms with E-state index < -0.39 is 28.5 Å². The van der Waals surface area contributed by atoms with Gasteiger partial charge in [-0.05, 0) is 84.6 Å². The van der Waals surface area contributed by atoms with Crippen LogP contribution < -0.4 is 19.1 Å². The molecule has 0 aliphatic heterocycles. The molecule has 5 aromatic carbocycles. The Morgan fingerprint density at radius 3 is 1.96 bits per heavy atom. The fourth-order valence-corrected chi connectivity index (χ4v) is 7.03. The van der Waals surface area contributed by atoms with Gasteiger partial charge in [0.2, 0.25) is 11.8 Å². The second kappa shape index (κ2) is 17.5. The molecule has 0 aliphatic rings. The molecule has 1 atom stereocenters. The number of para-hydroxylation sites is 1. The molecule has 5 aromatic rings. The van der Waals surface area contributed by atoms with E-state index in [1.165, 1.54) is 17.0 Å². The summed E-state index contributed by atoms with van der Waals surface area (Å²) < 4.78 is 41.3. The number of anilines is 1. The summed E-state index contributed by atoms with van der Waals surface area (Å²) in [5, 5.41) is 3.02. The maximum absolute atomic E-state index is 14.8. The van der Waals surface area contributed by atoms with Gasteiger partial charge in [-0.25, -0.2) is 8.42 Å². The van der Waals surface area contributed by atoms with Gasteiger partial charge in [-0.3, -0.25) is 13.9 Å². The van der Waals surface area contributed by atoms with E-state index in [2.05, 4.69) is 5.32 Å². The Balaban J connectivity index is 1.56. The molecule has 0 bridgehead atoms. The number of hydrogen-bond acceptors (Lipinski definition) is 6. The van der Waals surface area contributed by atoms with Crippen LogP contribution in [0, 0.1) is 12.8 Å². The van der Waals surface area contributed by atoms with Crippen LogP contribution in [-0.2, 0) is 32.6 Å². The van der Waals surface area contributed by atoms with E-state index in [9.17, 15) is 18.0 Å². The minimum atomic E-state index is -4.26. The molecule has 2 amide bonds. The summed E-state index contributed by atoms with van der Waals surface area (Å²) in [5.74, 6) is 1.01. The minimum Gasteiger partial charge on any atom is -0.497 e. The first-order valence-corrected chi connectivity index (χ1v) is 18.6. The average molecular weight is 720 g/mol. The van der Waals surface area contributed by atoms with Crippen LogP contribution in [-0.4, -0.2) is 51.4 Å². The average Bonchev–Trinajstić information content (AvgIpc) is 3.15. The van der Waals surface area contributed by atoms with Crippen molar-refractivity contribution in [2.45, 2.75) is 44.7 Å². The predicted molar refractivity (Wildman–Crippen MR) is 204 cm³/mol. The Hall–Kier alpha value is -5.61. The number of rotatable bonds is 16. The molecule has 9 nitrogen and oxygen atoms in total. The van der Waals surface area contributed by atoms with E-state index >= 15 is 0 Å². The third-order valence-corrected chi connectivity index (χ3v) is 10.2. The number of amides is 2. The molecule has 0 aromatic heterocycles. The summed E-state index contributed by atoms with van der Waals surface area (Å²) in [7, 11) is -2.70.